The monoisotopic (exact) mass is 795 g/mol. The number of nitrogens with zero attached hydrogens (tertiary/aromatic N) is 11. The van der Waals surface area contributed by atoms with E-state index in [1.807, 2.05) is 53.5 Å². The van der Waals surface area contributed by atoms with Gasteiger partial charge in [0.15, 0.2) is 5.03 Å². The van der Waals surface area contributed by atoms with Gasteiger partial charge < -0.3 is 14.5 Å². The van der Waals surface area contributed by atoms with Crippen molar-refractivity contribution in [3.8, 4) is 22.3 Å². The molecule has 8 rings (SSSR count). The van der Waals surface area contributed by atoms with Gasteiger partial charge in [-0.25, -0.2) is 9.78 Å². The fourth-order valence-electron chi connectivity index (χ4n) is 7.60. The lowest BCUT2D eigenvalue weighted by Crippen LogP contribution is -2.42. The van der Waals surface area contributed by atoms with Gasteiger partial charge in [-0.2, -0.15) is 27.8 Å². The molecule has 6 aromatic rings. The Balaban J connectivity index is 0.989. The fourth-order valence-corrected chi connectivity index (χ4v) is 8.94. The van der Waals surface area contributed by atoms with Crippen LogP contribution in [0.3, 0.4) is 0 Å². The van der Waals surface area contributed by atoms with E-state index in [-0.39, 0.29) is 34.5 Å². The molecule has 0 unspecified atom stereocenters. The van der Waals surface area contributed by atoms with Gasteiger partial charge in [0.25, 0.3) is 0 Å². The first-order valence-corrected chi connectivity index (χ1v) is 20.9. The van der Waals surface area contributed by atoms with E-state index >= 15 is 0 Å². The number of rotatable bonds is 7. The van der Waals surface area contributed by atoms with Gasteiger partial charge in [0.1, 0.15) is 22.3 Å². The van der Waals surface area contributed by atoms with Crippen molar-refractivity contribution in [3.05, 3.63) is 67.8 Å². The number of aromatic nitrogens is 9. The number of hydrogen-bond acceptors (Lipinski definition) is 10. The van der Waals surface area contributed by atoms with Crippen molar-refractivity contribution in [2.45, 2.75) is 96.4 Å². The summed E-state index contributed by atoms with van der Waals surface area (Å²) in [4.78, 5) is 38.0. The van der Waals surface area contributed by atoms with Crippen LogP contribution in [-0.4, -0.2) is 105 Å². The lowest BCUT2D eigenvalue weighted by atomic mass is 9.91. The number of ether oxygens (including phenoxy) is 1. The van der Waals surface area contributed by atoms with Crippen LogP contribution in [-0.2, 0) is 19.6 Å². The standard InChI is InChI=1S/C40H49N11O5S/c1-39(2,3)18-36(52)46-13-9-31(10-14-46)49-25-29(20-43-49)27-7-8-35-42-23-37(48(35)24-27)57(54,55)51-34-17-28(19-41-33(34)22-45-51)30-21-44-50(26-30)32-11-15-47(16-12-32)38(53)56-40(4,5)6/h7-8,17,19-26,31-32H,9-16,18H2,1-6H3. The molecule has 6 aromatic heterocycles. The molecule has 2 amide bonds. The SMILES string of the molecule is CC(C)(C)CC(=O)N1CCC(n2cc(-c3ccc4ncc(S(=O)(=O)n5ncc6ncc(-c7cnn(C8CCN(C(=O)OC(C)(C)C)CC8)c7)cc65)n4c3)cn2)CC1. The summed E-state index contributed by atoms with van der Waals surface area (Å²) >= 11 is 0. The van der Waals surface area contributed by atoms with Crippen LogP contribution in [0.25, 0.3) is 38.9 Å². The van der Waals surface area contributed by atoms with Gasteiger partial charge in [-0.15, -0.1) is 0 Å². The van der Waals surface area contributed by atoms with E-state index in [1.54, 1.807) is 46.2 Å². The average molecular weight is 796 g/mol. The third-order valence-electron chi connectivity index (χ3n) is 10.6. The summed E-state index contributed by atoms with van der Waals surface area (Å²) in [7, 11) is -4.23. The lowest BCUT2D eigenvalue weighted by molar-refractivity contribution is -0.134. The maximum atomic E-state index is 14.3. The number of carbonyl (C=O) groups excluding carboxylic acids is 2. The Hall–Kier alpha value is -5.58. The average Bonchev–Trinajstić information content (AvgIpc) is 3.99. The van der Waals surface area contributed by atoms with Gasteiger partial charge in [0.2, 0.25) is 5.91 Å². The van der Waals surface area contributed by atoms with Crippen molar-refractivity contribution in [2.24, 2.45) is 5.41 Å². The second kappa shape index (κ2) is 14.4. The molecule has 0 radical (unpaired) electrons. The lowest BCUT2D eigenvalue weighted by Gasteiger charge is -2.33. The topological polar surface area (TPSA) is 168 Å². The Morgan fingerprint density at radius 1 is 0.719 bits per heavy atom. The van der Waals surface area contributed by atoms with Crippen molar-refractivity contribution >= 4 is 38.7 Å². The molecule has 2 saturated heterocycles. The maximum Gasteiger partial charge on any atom is 0.410 e. The van der Waals surface area contributed by atoms with Crippen LogP contribution >= 0.6 is 0 Å². The number of hydrogen-bond donors (Lipinski definition) is 0. The van der Waals surface area contributed by atoms with E-state index in [2.05, 4.69) is 46.0 Å². The largest absolute Gasteiger partial charge is 0.444 e. The van der Waals surface area contributed by atoms with Crippen LogP contribution in [0.5, 0.6) is 0 Å². The first kappa shape index (κ1) is 38.3. The first-order chi connectivity index (χ1) is 27.0. The van der Waals surface area contributed by atoms with Crippen LogP contribution in [0.1, 0.15) is 85.7 Å². The molecule has 0 atom stereocenters. The van der Waals surface area contributed by atoms with Gasteiger partial charge >= 0.3 is 16.1 Å². The van der Waals surface area contributed by atoms with Crippen molar-refractivity contribution in [2.75, 3.05) is 26.2 Å². The molecule has 2 aliphatic rings. The molecule has 2 fully saturated rings. The molecule has 0 aliphatic carbocycles. The highest BCUT2D eigenvalue weighted by atomic mass is 32.2. The molecule has 8 heterocycles. The minimum absolute atomic E-state index is 0.0417. The smallest absolute Gasteiger partial charge is 0.410 e. The van der Waals surface area contributed by atoms with E-state index in [1.165, 1.54) is 12.4 Å². The Kier molecular flexibility index (Phi) is 9.69. The normalized spacial score (nSPS) is 16.5. The summed E-state index contributed by atoms with van der Waals surface area (Å²) in [6, 6.07) is 5.70. The van der Waals surface area contributed by atoms with Gasteiger partial charge in [-0.1, -0.05) is 20.8 Å². The molecule has 0 aromatic carbocycles. The molecule has 300 valence electrons. The molecule has 17 heteroatoms. The predicted octanol–water partition coefficient (Wildman–Crippen LogP) is 6.21. The van der Waals surface area contributed by atoms with E-state index < -0.39 is 15.6 Å². The van der Waals surface area contributed by atoms with Crippen molar-refractivity contribution < 1.29 is 22.7 Å². The molecular formula is C40H49N11O5S. The Morgan fingerprint density at radius 3 is 1.95 bits per heavy atom. The number of amides is 2. The van der Waals surface area contributed by atoms with Gasteiger partial charge in [-0.05, 0) is 70.1 Å². The third-order valence-corrected chi connectivity index (χ3v) is 12.2. The molecule has 16 nitrogen and oxygen atoms in total. The predicted molar refractivity (Wildman–Crippen MR) is 213 cm³/mol. The number of piperidine rings is 2. The number of fused-ring (bicyclic) bond motifs is 2. The van der Waals surface area contributed by atoms with Crippen molar-refractivity contribution in [3.63, 3.8) is 0 Å². The quantitative estimate of drug-likeness (QED) is 0.181. The van der Waals surface area contributed by atoms with Gasteiger partial charge in [0.05, 0.1) is 36.9 Å². The van der Waals surface area contributed by atoms with E-state index in [0.29, 0.717) is 54.8 Å². The fraction of sp³-hybridized carbons (Fsp3) is 0.475. The van der Waals surface area contributed by atoms with Crippen LogP contribution in [0, 0.1) is 5.41 Å². The number of pyridine rings is 2. The Bertz CT molecular complexity index is 2390. The molecule has 57 heavy (non-hydrogen) atoms. The number of carbonyl (C=O) groups is 2. The molecule has 0 saturated carbocycles. The number of imidazole rings is 1. The zero-order valence-electron chi connectivity index (χ0n) is 33.2. The summed E-state index contributed by atoms with van der Waals surface area (Å²) in [5.41, 5.74) is 3.71. The van der Waals surface area contributed by atoms with Crippen LogP contribution in [0.4, 0.5) is 4.79 Å². The van der Waals surface area contributed by atoms with Gasteiger partial charge in [-0.3, -0.25) is 23.5 Å². The summed E-state index contributed by atoms with van der Waals surface area (Å²) in [5, 5.41) is 13.5. The minimum atomic E-state index is -4.23. The summed E-state index contributed by atoms with van der Waals surface area (Å²) < 4.78 is 40.6. The summed E-state index contributed by atoms with van der Waals surface area (Å²) in [6.07, 6.45) is 17.0. The van der Waals surface area contributed by atoms with Crippen LogP contribution in [0.2, 0.25) is 0 Å². The molecule has 0 spiro atoms. The highest BCUT2D eigenvalue weighted by Crippen LogP contribution is 2.31. The molecule has 0 N–H and O–H groups in total. The zero-order chi connectivity index (χ0) is 40.3. The molecular weight excluding hydrogens is 747 g/mol. The van der Waals surface area contributed by atoms with E-state index in [4.69, 9.17) is 4.74 Å². The Morgan fingerprint density at radius 2 is 1.33 bits per heavy atom. The highest BCUT2D eigenvalue weighted by Gasteiger charge is 2.30. The zero-order valence-corrected chi connectivity index (χ0v) is 34.1. The third kappa shape index (κ3) is 7.89. The minimum Gasteiger partial charge on any atom is -0.444 e. The summed E-state index contributed by atoms with van der Waals surface area (Å²) in [5.74, 6) is 0.194. The van der Waals surface area contributed by atoms with Crippen molar-refractivity contribution in [1.29, 1.82) is 0 Å². The second-order valence-corrected chi connectivity index (χ2v) is 19.0. The van der Waals surface area contributed by atoms with Crippen molar-refractivity contribution in [1.82, 2.24) is 52.9 Å². The maximum absolute atomic E-state index is 14.3. The number of likely N-dealkylation sites (tertiary alicyclic amines) is 2. The second-order valence-electron chi connectivity index (χ2n) is 17.3. The van der Waals surface area contributed by atoms with Gasteiger partial charge in [0, 0.05) is 79.6 Å². The summed E-state index contributed by atoms with van der Waals surface area (Å²) in [6.45, 7) is 14.3. The highest BCUT2D eigenvalue weighted by molar-refractivity contribution is 7.90. The Labute approximate surface area is 331 Å². The molecule has 2 aliphatic heterocycles. The van der Waals surface area contributed by atoms with E-state index in [0.717, 1.165) is 46.5 Å². The van der Waals surface area contributed by atoms with Crippen LogP contribution in [0.15, 0.2) is 72.8 Å². The molecule has 0 bridgehead atoms. The van der Waals surface area contributed by atoms with Crippen LogP contribution < -0.4 is 0 Å². The van der Waals surface area contributed by atoms with E-state index in [9.17, 15) is 18.0 Å². The first-order valence-electron chi connectivity index (χ1n) is 19.4.